The second-order valence-corrected chi connectivity index (χ2v) is 4.01. The molecule has 13 heavy (non-hydrogen) atoms. The fourth-order valence-electron chi connectivity index (χ4n) is 1.90. The van der Waals surface area contributed by atoms with Crippen LogP contribution in [0.5, 0.6) is 0 Å². The molecule has 2 saturated heterocycles. The molecule has 2 aliphatic heterocycles. The van der Waals surface area contributed by atoms with E-state index < -0.39 is 0 Å². The van der Waals surface area contributed by atoms with E-state index in [1.165, 1.54) is 0 Å². The zero-order valence-electron chi connectivity index (χ0n) is 7.75. The van der Waals surface area contributed by atoms with Crippen molar-refractivity contribution in [2.75, 3.05) is 13.1 Å². The Labute approximate surface area is 77.3 Å². The highest BCUT2D eigenvalue weighted by Crippen LogP contribution is 2.18. The van der Waals surface area contributed by atoms with Crippen molar-refractivity contribution >= 4 is 11.8 Å². The van der Waals surface area contributed by atoms with E-state index >= 15 is 0 Å². The number of amides is 2. The molecule has 4 nitrogen and oxygen atoms in total. The Hall–Kier alpha value is -1.06. The molecule has 72 valence electrons. The van der Waals surface area contributed by atoms with Gasteiger partial charge in [0.1, 0.15) is 6.04 Å². The summed E-state index contributed by atoms with van der Waals surface area (Å²) < 4.78 is 0. The highest BCUT2D eigenvalue weighted by atomic mass is 16.2. The fraction of sp³-hybridized carbons (Fsp3) is 0.778. The number of hydrogen-bond acceptors (Lipinski definition) is 2. The standard InChI is InChI=1S/C9H14N2O2/c1-6-4-11(5-6)9(13)7-2-3-8(12)10-7/h6-7H,2-5H2,1H3,(H,10,12)/t7-/m1/s1. The third kappa shape index (κ3) is 1.53. The third-order valence-electron chi connectivity index (χ3n) is 2.67. The molecule has 0 aromatic rings. The van der Waals surface area contributed by atoms with Crippen molar-refractivity contribution in [3.8, 4) is 0 Å². The van der Waals surface area contributed by atoms with E-state index in [1.54, 1.807) is 0 Å². The summed E-state index contributed by atoms with van der Waals surface area (Å²) in [5.74, 6) is 0.733. The van der Waals surface area contributed by atoms with Gasteiger partial charge in [0.05, 0.1) is 0 Å². The Morgan fingerprint density at radius 1 is 1.54 bits per heavy atom. The molecule has 0 spiro atoms. The predicted octanol–water partition coefficient (Wildman–Crippen LogP) is -0.257. The van der Waals surface area contributed by atoms with Crippen molar-refractivity contribution < 1.29 is 9.59 Å². The van der Waals surface area contributed by atoms with Gasteiger partial charge >= 0.3 is 0 Å². The van der Waals surface area contributed by atoms with Crippen LogP contribution in [0.25, 0.3) is 0 Å². The van der Waals surface area contributed by atoms with Crippen molar-refractivity contribution in [3.05, 3.63) is 0 Å². The number of hydrogen-bond donors (Lipinski definition) is 1. The smallest absolute Gasteiger partial charge is 0.245 e. The molecule has 4 heteroatoms. The molecule has 0 aliphatic carbocycles. The molecule has 0 unspecified atom stereocenters. The van der Waals surface area contributed by atoms with Crippen LogP contribution in [0.2, 0.25) is 0 Å². The van der Waals surface area contributed by atoms with Crippen LogP contribution < -0.4 is 5.32 Å². The highest BCUT2D eigenvalue weighted by molar-refractivity contribution is 5.91. The van der Waals surface area contributed by atoms with Crippen molar-refractivity contribution in [3.63, 3.8) is 0 Å². The summed E-state index contributed by atoms with van der Waals surface area (Å²) in [6, 6.07) is -0.236. The molecule has 0 bridgehead atoms. The van der Waals surface area contributed by atoms with Gasteiger partial charge in [0.25, 0.3) is 0 Å². The first-order valence-corrected chi connectivity index (χ1v) is 4.75. The van der Waals surface area contributed by atoms with E-state index in [9.17, 15) is 9.59 Å². The van der Waals surface area contributed by atoms with Crippen molar-refractivity contribution in [2.24, 2.45) is 5.92 Å². The molecule has 0 saturated carbocycles. The first kappa shape index (κ1) is 8.53. The van der Waals surface area contributed by atoms with Gasteiger partial charge in [0.2, 0.25) is 11.8 Å². The molecule has 1 N–H and O–H groups in total. The van der Waals surface area contributed by atoms with Gasteiger partial charge in [-0.1, -0.05) is 6.92 Å². The van der Waals surface area contributed by atoms with Gasteiger partial charge < -0.3 is 10.2 Å². The molecule has 2 rings (SSSR count). The first-order valence-electron chi connectivity index (χ1n) is 4.75. The molecular weight excluding hydrogens is 168 g/mol. The summed E-state index contributed by atoms with van der Waals surface area (Å²) in [6.45, 7) is 3.83. The monoisotopic (exact) mass is 182 g/mol. The van der Waals surface area contributed by atoms with Crippen LogP contribution >= 0.6 is 0 Å². The largest absolute Gasteiger partial charge is 0.344 e. The van der Waals surface area contributed by atoms with E-state index in [0.29, 0.717) is 18.8 Å². The average Bonchev–Trinajstić information content (AvgIpc) is 2.45. The molecule has 2 fully saturated rings. The number of carbonyl (C=O) groups excluding carboxylic acids is 2. The second kappa shape index (κ2) is 3.01. The maximum Gasteiger partial charge on any atom is 0.245 e. The van der Waals surface area contributed by atoms with Crippen molar-refractivity contribution in [2.45, 2.75) is 25.8 Å². The lowest BCUT2D eigenvalue weighted by Gasteiger charge is -2.38. The van der Waals surface area contributed by atoms with Gasteiger partial charge in [-0.15, -0.1) is 0 Å². The number of rotatable bonds is 1. The van der Waals surface area contributed by atoms with Crippen LogP contribution in [0, 0.1) is 5.92 Å². The van der Waals surface area contributed by atoms with Gasteiger partial charge in [-0.3, -0.25) is 9.59 Å². The summed E-state index contributed by atoms with van der Waals surface area (Å²) in [4.78, 5) is 24.3. The highest BCUT2D eigenvalue weighted by Gasteiger charge is 2.35. The number of carbonyl (C=O) groups is 2. The van der Waals surface area contributed by atoms with Gasteiger partial charge in [-0.05, 0) is 12.3 Å². The quantitative estimate of drug-likeness (QED) is 0.607. The van der Waals surface area contributed by atoms with Crippen LogP contribution in [0.4, 0.5) is 0 Å². The van der Waals surface area contributed by atoms with Crippen LogP contribution in [-0.2, 0) is 9.59 Å². The third-order valence-corrected chi connectivity index (χ3v) is 2.67. The molecule has 2 amide bonds. The lowest BCUT2D eigenvalue weighted by Crippen LogP contribution is -2.54. The molecular formula is C9H14N2O2. The van der Waals surface area contributed by atoms with E-state index in [4.69, 9.17) is 0 Å². The minimum atomic E-state index is -0.236. The minimum absolute atomic E-state index is 0.00641. The molecule has 1 atom stereocenters. The minimum Gasteiger partial charge on any atom is -0.344 e. The molecule has 0 radical (unpaired) electrons. The van der Waals surface area contributed by atoms with Crippen LogP contribution in [0.3, 0.4) is 0 Å². The lowest BCUT2D eigenvalue weighted by atomic mass is 10.0. The van der Waals surface area contributed by atoms with Gasteiger partial charge in [0, 0.05) is 19.5 Å². The summed E-state index contributed by atoms with van der Waals surface area (Å²) in [6.07, 6.45) is 1.17. The summed E-state index contributed by atoms with van der Waals surface area (Å²) in [7, 11) is 0. The van der Waals surface area contributed by atoms with E-state index in [1.807, 2.05) is 4.90 Å². The second-order valence-electron chi connectivity index (χ2n) is 4.01. The maximum absolute atomic E-state index is 11.6. The molecule has 0 aromatic heterocycles. The van der Waals surface area contributed by atoms with Crippen LogP contribution in [0.15, 0.2) is 0 Å². The first-order chi connectivity index (χ1) is 6.16. The van der Waals surface area contributed by atoms with Gasteiger partial charge in [-0.25, -0.2) is 0 Å². The zero-order valence-corrected chi connectivity index (χ0v) is 7.75. The fourth-order valence-corrected chi connectivity index (χ4v) is 1.90. The topological polar surface area (TPSA) is 49.4 Å². The Morgan fingerprint density at radius 2 is 2.23 bits per heavy atom. The van der Waals surface area contributed by atoms with E-state index in [2.05, 4.69) is 12.2 Å². The summed E-state index contributed by atoms with van der Waals surface area (Å²) in [5, 5.41) is 2.69. The van der Waals surface area contributed by atoms with Crippen molar-refractivity contribution in [1.29, 1.82) is 0 Å². The van der Waals surface area contributed by atoms with E-state index in [0.717, 1.165) is 13.1 Å². The average molecular weight is 182 g/mol. The molecule has 0 aromatic carbocycles. The lowest BCUT2D eigenvalue weighted by molar-refractivity contribution is -0.139. The Morgan fingerprint density at radius 3 is 2.69 bits per heavy atom. The maximum atomic E-state index is 11.6. The molecule has 2 aliphatic rings. The van der Waals surface area contributed by atoms with Crippen LogP contribution in [0.1, 0.15) is 19.8 Å². The SMILES string of the molecule is CC1CN(C(=O)[C@H]2CCC(=O)N2)C1. The summed E-state index contributed by atoms with van der Waals surface area (Å²) in [5.41, 5.74) is 0. The predicted molar refractivity (Wildman–Crippen MR) is 46.9 cm³/mol. The number of nitrogens with zero attached hydrogens (tertiary/aromatic N) is 1. The van der Waals surface area contributed by atoms with Gasteiger partial charge in [0.15, 0.2) is 0 Å². The summed E-state index contributed by atoms with van der Waals surface area (Å²) >= 11 is 0. The molecule has 2 heterocycles. The number of nitrogens with one attached hydrogen (secondary N) is 1. The van der Waals surface area contributed by atoms with Crippen molar-refractivity contribution in [1.82, 2.24) is 10.2 Å². The Bertz CT molecular complexity index is 246. The van der Waals surface area contributed by atoms with Gasteiger partial charge in [-0.2, -0.15) is 0 Å². The number of likely N-dealkylation sites (tertiary alicyclic amines) is 1. The van der Waals surface area contributed by atoms with E-state index in [-0.39, 0.29) is 17.9 Å². The normalized spacial score (nSPS) is 28.5. The Balaban J connectivity index is 1.87. The van der Waals surface area contributed by atoms with Crippen LogP contribution in [-0.4, -0.2) is 35.8 Å². The zero-order chi connectivity index (χ0) is 9.42. The Kier molecular flexibility index (Phi) is 1.98.